The van der Waals surface area contributed by atoms with Crippen LogP contribution in [0.2, 0.25) is 0 Å². The second kappa shape index (κ2) is 9.22. The summed E-state index contributed by atoms with van der Waals surface area (Å²) in [4.78, 5) is 26.9. The maximum Gasteiger partial charge on any atom is 0.232 e. The average Bonchev–Trinajstić information content (AvgIpc) is 3.28. The Hall–Kier alpha value is -3.04. The van der Waals surface area contributed by atoms with Crippen molar-refractivity contribution in [2.45, 2.75) is 38.3 Å². The molecule has 2 atom stereocenters. The molecule has 9 nitrogen and oxygen atoms in total. The standard InChI is InChI=1S/C23H28N6O3/c1-31-17-9-7-15(8-10-17)19-20-21(29(14-25-20)18-6-2-3-12-32-18)27-23(26-19)28-22(30)16-5-4-11-24-13-16/h7-10,14,16,18,24H,2-6,11-13H2,1H3,(H,26,27,28,30). The summed E-state index contributed by atoms with van der Waals surface area (Å²) in [5.41, 5.74) is 2.89. The Morgan fingerprint density at radius 3 is 2.78 bits per heavy atom. The van der Waals surface area contributed by atoms with E-state index in [1.807, 2.05) is 28.8 Å². The van der Waals surface area contributed by atoms with Crippen LogP contribution in [0.15, 0.2) is 30.6 Å². The van der Waals surface area contributed by atoms with Crippen molar-refractivity contribution in [3.8, 4) is 17.0 Å². The van der Waals surface area contributed by atoms with Gasteiger partial charge in [0.25, 0.3) is 0 Å². The molecule has 2 unspecified atom stereocenters. The van der Waals surface area contributed by atoms with Crippen molar-refractivity contribution in [3.05, 3.63) is 30.6 Å². The normalized spacial score (nSPS) is 21.4. The molecule has 0 aliphatic carbocycles. The summed E-state index contributed by atoms with van der Waals surface area (Å²) >= 11 is 0. The van der Waals surface area contributed by atoms with Crippen LogP contribution in [0.4, 0.5) is 5.95 Å². The van der Waals surface area contributed by atoms with Gasteiger partial charge in [0.05, 0.1) is 19.4 Å². The Balaban J connectivity index is 1.55. The molecule has 168 valence electrons. The van der Waals surface area contributed by atoms with Gasteiger partial charge in [0.1, 0.15) is 23.2 Å². The lowest BCUT2D eigenvalue weighted by atomic mass is 9.99. The Labute approximate surface area is 186 Å². The number of benzene rings is 1. The molecule has 2 N–H and O–H groups in total. The number of methoxy groups -OCH3 is 1. The van der Waals surface area contributed by atoms with E-state index in [-0.39, 0.29) is 24.0 Å². The molecule has 3 aromatic rings. The number of aromatic nitrogens is 4. The maximum absolute atomic E-state index is 12.9. The Morgan fingerprint density at radius 1 is 1.19 bits per heavy atom. The second-order valence-electron chi connectivity index (χ2n) is 8.30. The highest BCUT2D eigenvalue weighted by molar-refractivity contribution is 5.94. The fourth-order valence-corrected chi connectivity index (χ4v) is 4.36. The van der Waals surface area contributed by atoms with Gasteiger partial charge in [-0.1, -0.05) is 0 Å². The Bertz CT molecular complexity index is 1090. The molecule has 4 heterocycles. The molecule has 1 amide bonds. The zero-order chi connectivity index (χ0) is 21.9. The third-order valence-corrected chi connectivity index (χ3v) is 6.15. The molecule has 2 saturated heterocycles. The number of imidazole rings is 1. The molecule has 2 aromatic heterocycles. The maximum atomic E-state index is 12.9. The average molecular weight is 437 g/mol. The molecule has 0 saturated carbocycles. The smallest absolute Gasteiger partial charge is 0.232 e. The zero-order valence-corrected chi connectivity index (χ0v) is 18.2. The van der Waals surface area contributed by atoms with Gasteiger partial charge in [0.15, 0.2) is 5.65 Å². The molecular formula is C23H28N6O3. The van der Waals surface area contributed by atoms with Crippen molar-refractivity contribution < 1.29 is 14.3 Å². The van der Waals surface area contributed by atoms with Crippen molar-refractivity contribution in [1.29, 1.82) is 0 Å². The fourth-order valence-electron chi connectivity index (χ4n) is 4.36. The van der Waals surface area contributed by atoms with Crippen LogP contribution in [0.1, 0.15) is 38.3 Å². The van der Waals surface area contributed by atoms with E-state index in [1.165, 1.54) is 0 Å². The molecule has 32 heavy (non-hydrogen) atoms. The highest BCUT2D eigenvalue weighted by Crippen LogP contribution is 2.31. The van der Waals surface area contributed by atoms with Crippen LogP contribution < -0.4 is 15.4 Å². The van der Waals surface area contributed by atoms with E-state index in [9.17, 15) is 4.79 Å². The lowest BCUT2D eigenvalue weighted by molar-refractivity contribution is -0.120. The Kier molecular flexibility index (Phi) is 6.00. The monoisotopic (exact) mass is 436 g/mol. The van der Waals surface area contributed by atoms with Gasteiger partial charge in [0, 0.05) is 18.7 Å². The van der Waals surface area contributed by atoms with Crippen LogP contribution >= 0.6 is 0 Å². The fraction of sp³-hybridized carbons (Fsp3) is 0.478. The summed E-state index contributed by atoms with van der Waals surface area (Å²) < 4.78 is 13.2. The van der Waals surface area contributed by atoms with Crippen LogP contribution in [0, 0.1) is 5.92 Å². The lowest BCUT2D eigenvalue weighted by Gasteiger charge is -2.24. The number of fused-ring (bicyclic) bond motifs is 1. The van der Waals surface area contributed by atoms with E-state index in [0.29, 0.717) is 23.4 Å². The molecule has 2 fully saturated rings. The second-order valence-corrected chi connectivity index (χ2v) is 8.30. The minimum Gasteiger partial charge on any atom is -0.497 e. The number of nitrogens with one attached hydrogen (secondary N) is 2. The van der Waals surface area contributed by atoms with E-state index in [4.69, 9.17) is 19.4 Å². The number of hydrogen-bond donors (Lipinski definition) is 2. The summed E-state index contributed by atoms with van der Waals surface area (Å²) in [7, 11) is 1.64. The molecule has 0 bridgehead atoms. The number of carbonyl (C=O) groups is 1. The summed E-state index contributed by atoms with van der Waals surface area (Å²) in [6.07, 6.45) is 6.56. The molecule has 9 heteroatoms. The third-order valence-electron chi connectivity index (χ3n) is 6.15. The van der Waals surface area contributed by atoms with E-state index >= 15 is 0 Å². The summed E-state index contributed by atoms with van der Waals surface area (Å²) in [6.45, 7) is 2.35. The summed E-state index contributed by atoms with van der Waals surface area (Å²) in [5, 5.41) is 6.23. The molecular weight excluding hydrogens is 408 g/mol. The number of hydrogen-bond acceptors (Lipinski definition) is 7. The van der Waals surface area contributed by atoms with Gasteiger partial charge in [-0.15, -0.1) is 0 Å². The first kappa shape index (κ1) is 20.8. The number of amides is 1. The minimum absolute atomic E-state index is 0.0581. The number of nitrogens with zero attached hydrogens (tertiary/aromatic N) is 4. The number of ether oxygens (including phenoxy) is 2. The van der Waals surface area contributed by atoms with Crippen molar-refractivity contribution in [3.63, 3.8) is 0 Å². The molecule has 2 aliphatic rings. The van der Waals surface area contributed by atoms with Gasteiger partial charge in [-0.2, -0.15) is 4.98 Å². The van der Waals surface area contributed by atoms with E-state index in [2.05, 4.69) is 15.6 Å². The molecule has 0 radical (unpaired) electrons. The van der Waals surface area contributed by atoms with Gasteiger partial charge < -0.3 is 14.8 Å². The summed E-state index contributed by atoms with van der Waals surface area (Å²) in [5.74, 6) is 0.909. The number of rotatable bonds is 5. The summed E-state index contributed by atoms with van der Waals surface area (Å²) in [6, 6.07) is 7.65. The van der Waals surface area contributed by atoms with Crippen LogP contribution in [-0.4, -0.2) is 52.2 Å². The van der Waals surface area contributed by atoms with E-state index in [0.717, 1.165) is 56.6 Å². The van der Waals surface area contributed by atoms with E-state index < -0.39 is 0 Å². The van der Waals surface area contributed by atoms with Crippen molar-refractivity contribution in [1.82, 2.24) is 24.8 Å². The van der Waals surface area contributed by atoms with Crippen molar-refractivity contribution >= 4 is 23.0 Å². The largest absolute Gasteiger partial charge is 0.497 e. The molecule has 2 aliphatic heterocycles. The zero-order valence-electron chi connectivity index (χ0n) is 18.2. The number of anilines is 1. The topological polar surface area (TPSA) is 103 Å². The number of carbonyl (C=O) groups excluding carboxylic acids is 1. The minimum atomic E-state index is -0.113. The molecule has 0 spiro atoms. The van der Waals surface area contributed by atoms with Gasteiger partial charge in [-0.25, -0.2) is 9.97 Å². The molecule has 5 rings (SSSR count). The van der Waals surface area contributed by atoms with Crippen LogP contribution in [0.25, 0.3) is 22.4 Å². The number of piperidine rings is 1. The SMILES string of the molecule is COc1ccc(-c2nc(NC(=O)C3CCCNC3)nc3c2ncn3C2CCCCO2)cc1. The van der Waals surface area contributed by atoms with Crippen LogP contribution in [-0.2, 0) is 9.53 Å². The molecule has 1 aromatic carbocycles. The lowest BCUT2D eigenvalue weighted by Crippen LogP contribution is -2.37. The van der Waals surface area contributed by atoms with Crippen LogP contribution in [0.3, 0.4) is 0 Å². The first-order valence-electron chi connectivity index (χ1n) is 11.2. The predicted octanol–water partition coefficient (Wildman–Crippen LogP) is 3.14. The highest BCUT2D eigenvalue weighted by atomic mass is 16.5. The Morgan fingerprint density at radius 2 is 2.06 bits per heavy atom. The van der Waals surface area contributed by atoms with Gasteiger partial charge >= 0.3 is 0 Å². The first-order chi connectivity index (χ1) is 15.7. The van der Waals surface area contributed by atoms with Gasteiger partial charge in [-0.3, -0.25) is 14.7 Å². The predicted molar refractivity (Wildman–Crippen MR) is 120 cm³/mol. The quantitative estimate of drug-likeness (QED) is 0.633. The highest BCUT2D eigenvalue weighted by Gasteiger charge is 2.25. The van der Waals surface area contributed by atoms with Crippen molar-refractivity contribution in [2.75, 3.05) is 32.1 Å². The van der Waals surface area contributed by atoms with Crippen LogP contribution in [0.5, 0.6) is 5.75 Å². The first-order valence-corrected chi connectivity index (χ1v) is 11.2. The van der Waals surface area contributed by atoms with Gasteiger partial charge in [-0.05, 0) is 62.9 Å². The van der Waals surface area contributed by atoms with Crippen molar-refractivity contribution in [2.24, 2.45) is 5.92 Å². The third kappa shape index (κ3) is 4.18. The van der Waals surface area contributed by atoms with Gasteiger partial charge in [0.2, 0.25) is 11.9 Å². The van der Waals surface area contributed by atoms with E-state index in [1.54, 1.807) is 13.4 Å².